The topological polar surface area (TPSA) is 12.0 Å². The molecule has 2 atom stereocenters. The van der Waals surface area contributed by atoms with Gasteiger partial charge in [-0.15, -0.1) is 0 Å². The molecular formula is C18H27N. The molecule has 0 aliphatic heterocycles. The standard InChI is InChI=1S/C18H27N/c1-13-7-5-8-15(13)12-19-17-10-16(11-17)18-9-4-3-6-14(18)2/h3-4,6,9,13,15-17,19H,5,7-8,10-12H2,1-2H3. The predicted octanol–water partition coefficient (Wildman–Crippen LogP) is 4.27. The lowest BCUT2D eigenvalue weighted by Gasteiger charge is -2.38. The van der Waals surface area contributed by atoms with Gasteiger partial charge in [0.25, 0.3) is 0 Å². The number of hydrogen-bond acceptors (Lipinski definition) is 1. The predicted molar refractivity (Wildman–Crippen MR) is 81.4 cm³/mol. The smallest absolute Gasteiger partial charge is 0.00788 e. The van der Waals surface area contributed by atoms with Crippen molar-refractivity contribution in [1.29, 1.82) is 0 Å². The molecule has 1 aromatic rings. The van der Waals surface area contributed by atoms with Crippen molar-refractivity contribution < 1.29 is 0 Å². The SMILES string of the molecule is Cc1ccccc1C1CC(NCC2CCCC2C)C1. The maximum atomic E-state index is 3.81. The van der Waals surface area contributed by atoms with Crippen LogP contribution < -0.4 is 5.32 Å². The van der Waals surface area contributed by atoms with E-state index in [0.29, 0.717) is 0 Å². The molecule has 1 aromatic carbocycles. The first-order valence-corrected chi connectivity index (χ1v) is 8.03. The highest BCUT2D eigenvalue weighted by atomic mass is 14.9. The zero-order chi connectivity index (χ0) is 13.2. The molecule has 0 heterocycles. The third-order valence-corrected chi connectivity index (χ3v) is 5.47. The summed E-state index contributed by atoms with van der Waals surface area (Å²) in [4.78, 5) is 0. The van der Waals surface area contributed by atoms with Gasteiger partial charge in [0.1, 0.15) is 0 Å². The van der Waals surface area contributed by atoms with Gasteiger partial charge in [0.05, 0.1) is 0 Å². The average molecular weight is 257 g/mol. The van der Waals surface area contributed by atoms with E-state index in [1.54, 1.807) is 5.56 Å². The van der Waals surface area contributed by atoms with E-state index in [4.69, 9.17) is 0 Å². The summed E-state index contributed by atoms with van der Waals surface area (Å²) >= 11 is 0. The summed E-state index contributed by atoms with van der Waals surface area (Å²) in [5.74, 6) is 2.69. The summed E-state index contributed by atoms with van der Waals surface area (Å²) in [5.41, 5.74) is 3.05. The van der Waals surface area contributed by atoms with Crippen molar-refractivity contribution in [1.82, 2.24) is 5.32 Å². The van der Waals surface area contributed by atoms with Crippen LogP contribution in [0.15, 0.2) is 24.3 Å². The van der Waals surface area contributed by atoms with E-state index < -0.39 is 0 Å². The summed E-state index contributed by atoms with van der Waals surface area (Å²) in [7, 11) is 0. The Labute approximate surface area is 117 Å². The highest BCUT2D eigenvalue weighted by Crippen LogP contribution is 2.39. The van der Waals surface area contributed by atoms with E-state index in [0.717, 1.165) is 23.8 Å². The molecule has 0 radical (unpaired) electrons. The lowest BCUT2D eigenvalue weighted by molar-refractivity contribution is 0.263. The number of rotatable bonds is 4. The number of hydrogen-bond donors (Lipinski definition) is 1. The van der Waals surface area contributed by atoms with Gasteiger partial charge in [-0.3, -0.25) is 0 Å². The van der Waals surface area contributed by atoms with Crippen LogP contribution in [-0.2, 0) is 0 Å². The monoisotopic (exact) mass is 257 g/mol. The molecule has 0 aromatic heterocycles. The Bertz CT molecular complexity index is 419. The minimum absolute atomic E-state index is 0.775. The average Bonchev–Trinajstić information content (AvgIpc) is 2.75. The fraction of sp³-hybridized carbons (Fsp3) is 0.667. The maximum Gasteiger partial charge on any atom is 0.00788 e. The van der Waals surface area contributed by atoms with E-state index in [2.05, 4.69) is 43.4 Å². The minimum Gasteiger partial charge on any atom is -0.314 e. The second-order valence-corrected chi connectivity index (χ2v) is 6.80. The molecule has 0 bridgehead atoms. The first-order valence-electron chi connectivity index (χ1n) is 8.03. The van der Waals surface area contributed by atoms with E-state index in [-0.39, 0.29) is 0 Å². The van der Waals surface area contributed by atoms with Gasteiger partial charge in [0.15, 0.2) is 0 Å². The number of benzene rings is 1. The minimum atomic E-state index is 0.775. The molecule has 2 unspecified atom stereocenters. The summed E-state index contributed by atoms with van der Waals surface area (Å²) in [6, 6.07) is 9.67. The highest BCUT2D eigenvalue weighted by molar-refractivity contribution is 5.31. The zero-order valence-corrected chi connectivity index (χ0v) is 12.4. The Hall–Kier alpha value is -0.820. The van der Waals surface area contributed by atoms with Gasteiger partial charge in [-0.1, -0.05) is 44.0 Å². The number of aryl methyl sites for hydroxylation is 1. The summed E-state index contributed by atoms with van der Waals surface area (Å²) in [6.07, 6.45) is 7.02. The summed E-state index contributed by atoms with van der Waals surface area (Å²) in [6.45, 7) is 5.93. The van der Waals surface area contributed by atoms with Gasteiger partial charge in [0, 0.05) is 6.04 Å². The summed E-state index contributed by atoms with van der Waals surface area (Å²) in [5, 5.41) is 3.81. The van der Waals surface area contributed by atoms with Gasteiger partial charge in [-0.25, -0.2) is 0 Å². The Morgan fingerprint density at radius 2 is 1.95 bits per heavy atom. The molecule has 2 aliphatic carbocycles. The zero-order valence-electron chi connectivity index (χ0n) is 12.4. The molecule has 1 heteroatoms. The molecule has 2 saturated carbocycles. The Morgan fingerprint density at radius 3 is 2.63 bits per heavy atom. The first kappa shape index (κ1) is 13.2. The molecule has 19 heavy (non-hydrogen) atoms. The lowest BCUT2D eigenvalue weighted by Crippen LogP contribution is -2.42. The normalized spacial score (nSPS) is 34.2. The highest BCUT2D eigenvalue weighted by Gasteiger charge is 2.32. The molecule has 2 aliphatic rings. The third kappa shape index (κ3) is 2.86. The van der Waals surface area contributed by atoms with Crippen LogP contribution in [0, 0.1) is 18.8 Å². The van der Waals surface area contributed by atoms with E-state index >= 15 is 0 Å². The maximum absolute atomic E-state index is 3.81. The Morgan fingerprint density at radius 1 is 1.16 bits per heavy atom. The molecular weight excluding hydrogens is 230 g/mol. The molecule has 0 spiro atoms. The van der Waals surface area contributed by atoms with E-state index in [9.17, 15) is 0 Å². The van der Waals surface area contributed by atoms with Gasteiger partial charge in [-0.05, 0) is 61.6 Å². The van der Waals surface area contributed by atoms with Crippen molar-refractivity contribution in [2.75, 3.05) is 6.54 Å². The summed E-state index contributed by atoms with van der Waals surface area (Å²) < 4.78 is 0. The lowest BCUT2D eigenvalue weighted by atomic mass is 9.74. The molecule has 1 N–H and O–H groups in total. The van der Waals surface area contributed by atoms with Crippen molar-refractivity contribution in [3.8, 4) is 0 Å². The molecule has 0 amide bonds. The molecule has 3 rings (SSSR count). The third-order valence-electron chi connectivity index (χ3n) is 5.47. The van der Waals surface area contributed by atoms with Crippen LogP contribution in [0.5, 0.6) is 0 Å². The van der Waals surface area contributed by atoms with Crippen molar-refractivity contribution in [3.63, 3.8) is 0 Å². The van der Waals surface area contributed by atoms with Gasteiger partial charge in [0.2, 0.25) is 0 Å². The van der Waals surface area contributed by atoms with Gasteiger partial charge < -0.3 is 5.32 Å². The number of nitrogens with one attached hydrogen (secondary N) is 1. The molecule has 1 nitrogen and oxygen atoms in total. The quantitative estimate of drug-likeness (QED) is 0.849. The van der Waals surface area contributed by atoms with Crippen LogP contribution in [0.4, 0.5) is 0 Å². The van der Waals surface area contributed by atoms with Crippen LogP contribution in [-0.4, -0.2) is 12.6 Å². The molecule has 0 saturated heterocycles. The van der Waals surface area contributed by atoms with Crippen LogP contribution in [0.1, 0.15) is 56.1 Å². The van der Waals surface area contributed by atoms with Crippen molar-refractivity contribution in [3.05, 3.63) is 35.4 Å². The van der Waals surface area contributed by atoms with Gasteiger partial charge in [-0.2, -0.15) is 0 Å². The van der Waals surface area contributed by atoms with Crippen molar-refractivity contribution in [2.45, 2.75) is 57.9 Å². The second-order valence-electron chi connectivity index (χ2n) is 6.80. The first-order chi connectivity index (χ1) is 9.24. The van der Waals surface area contributed by atoms with Crippen LogP contribution in [0.25, 0.3) is 0 Å². The molecule has 104 valence electrons. The fourth-order valence-corrected chi connectivity index (χ4v) is 3.93. The van der Waals surface area contributed by atoms with E-state index in [1.807, 2.05) is 0 Å². The Balaban J connectivity index is 1.44. The largest absolute Gasteiger partial charge is 0.314 e. The van der Waals surface area contributed by atoms with Gasteiger partial charge >= 0.3 is 0 Å². The Kier molecular flexibility index (Phi) is 3.93. The van der Waals surface area contributed by atoms with Crippen LogP contribution in [0.2, 0.25) is 0 Å². The fourth-order valence-electron chi connectivity index (χ4n) is 3.93. The van der Waals surface area contributed by atoms with Crippen molar-refractivity contribution >= 4 is 0 Å². The van der Waals surface area contributed by atoms with Crippen LogP contribution >= 0.6 is 0 Å². The molecule has 2 fully saturated rings. The van der Waals surface area contributed by atoms with Crippen molar-refractivity contribution in [2.24, 2.45) is 11.8 Å². The second kappa shape index (κ2) is 5.66. The van der Waals surface area contributed by atoms with Crippen LogP contribution in [0.3, 0.4) is 0 Å². The van der Waals surface area contributed by atoms with E-state index in [1.165, 1.54) is 44.2 Å².